The first kappa shape index (κ1) is 13.2. The molecule has 0 bridgehead atoms. The van der Waals surface area contributed by atoms with Gasteiger partial charge in [0.15, 0.2) is 5.78 Å². The molecule has 0 amide bonds. The van der Waals surface area contributed by atoms with Crippen molar-refractivity contribution in [2.45, 2.75) is 26.4 Å². The van der Waals surface area contributed by atoms with Crippen LogP contribution in [0.1, 0.15) is 30.1 Å². The van der Waals surface area contributed by atoms with Crippen molar-refractivity contribution in [2.75, 3.05) is 0 Å². The highest BCUT2D eigenvalue weighted by Crippen LogP contribution is 2.17. The largest absolute Gasteiger partial charge is 0.435 e. The van der Waals surface area contributed by atoms with Crippen LogP contribution in [0, 0.1) is 11.8 Å². The van der Waals surface area contributed by atoms with Gasteiger partial charge in [0.1, 0.15) is 5.75 Å². The minimum absolute atomic E-state index is 0.00701. The van der Waals surface area contributed by atoms with E-state index in [-0.39, 0.29) is 18.0 Å². The predicted octanol–water partition coefficient (Wildman–Crippen LogP) is 3.27. The van der Waals surface area contributed by atoms with Gasteiger partial charge in [0.05, 0.1) is 0 Å². The first-order valence-electron chi connectivity index (χ1n) is 5.11. The highest BCUT2D eigenvalue weighted by molar-refractivity contribution is 5.96. The molecule has 0 fully saturated rings. The maximum absolute atomic E-state index is 12.0. The summed E-state index contributed by atoms with van der Waals surface area (Å²) in [6, 6.07) is 5.78. The number of rotatable bonds is 5. The van der Waals surface area contributed by atoms with Crippen LogP contribution in [0.4, 0.5) is 8.78 Å². The van der Waals surface area contributed by atoms with Gasteiger partial charge >= 0.3 is 6.61 Å². The number of hydrogen-bond acceptors (Lipinski definition) is 2. The van der Waals surface area contributed by atoms with Crippen LogP contribution in [0.2, 0.25) is 0 Å². The summed E-state index contributed by atoms with van der Waals surface area (Å²) in [6.07, 6.45) is 0.744. The number of benzene rings is 1. The molecule has 1 aromatic carbocycles. The van der Waals surface area contributed by atoms with E-state index >= 15 is 0 Å². The lowest BCUT2D eigenvalue weighted by atomic mass is 10.1. The second-order valence-corrected chi connectivity index (χ2v) is 3.26. The van der Waals surface area contributed by atoms with Crippen molar-refractivity contribution >= 4 is 5.78 Å². The van der Waals surface area contributed by atoms with Gasteiger partial charge in [0, 0.05) is 18.4 Å². The van der Waals surface area contributed by atoms with E-state index in [0.717, 1.165) is 0 Å². The molecule has 0 saturated carbocycles. The molecule has 0 radical (unpaired) electrons. The Bertz CT molecular complexity index is 444. The zero-order valence-corrected chi connectivity index (χ0v) is 9.37. The van der Waals surface area contributed by atoms with Crippen molar-refractivity contribution in [2.24, 2.45) is 0 Å². The maximum Gasteiger partial charge on any atom is 0.387 e. The first-order chi connectivity index (χ1) is 8.13. The van der Waals surface area contributed by atoms with Crippen LogP contribution in [0.3, 0.4) is 0 Å². The number of ketones is 1. The van der Waals surface area contributed by atoms with E-state index in [2.05, 4.69) is 16.6 Å². The Hall–Kier alpha value is -1.89. The number of carbonyl (C=O) groups is 1. The standard InChI is InChI=1S/C13H12F2O2/c1-2-3-4-8-12(16)10-6-5-7-11(9-10)17-13(14)15/h5-7,9,13H,4,8H2,1H3. The van der Waals surface area contributed by atoms with Gasteiger partial charge in [0.25, 0.3) is 0 Å². The van der Waals surface area contributed by atoms with Crippen molar-refractivity contribution in [3.8, 4) is 17.6 Å². The average molecular weight is 238 g/mol. The van der Waals surface area contributed by atoms with E-state index in [4.69, 9.17) is 0 Å². The Morgan fingerprint density at radius 1 is 1.47 bits per heavy atom. The number of carbonyl (C=O) groups excluding carboxylic acids is 1. The quantitative estimate of drug-likeness (QED) is 0.581. The molecule has 0 aliphatic rings. The molecule has 0 aliphatic heterocycles. The van der Waals surface area contributed by atoms with Crippen LogP contribution >= 0.6 is 0 Å². The van der Waals surface area contributed by atoms with Gasteiger partial charge in [-0.25, -0.2) is 0 Å². The Labute approximate surface area is 98.6 Å². The van der Waals surface area contributed by atoms with Crippen LogP contribution in [-0.2, 0) is 0 Å². The minimum atomic E-state index is -2.88. The summed E-state index contributed by atoms with van der Waals surface area (Å²) in [7, 11) is 0. The van der Waals surface area contributed by atoms with Gasteiger partial charge in [-0.3, -0.25) is 4.79 Å². The van der Waals surface area contributed by atoms with Crippen molar-refractivity contribution in [3.63, 3.8) is 0 Å². The summed E-state index contributed by atoms with van der Waals surface area (Å²) in [5.74, 6) is 5.32. The van der Waals surface area contributed by atoms with Gasteiger partial charge in [0.2, 0.25) is 0 Å². The van der Waals surface area contributed by atoms with E-state index in [1.807, 2.05) is 0 Å². The third kappa shape index (κ3) is 4.64. The fraction of sp³-hybridized carbons (Fsp3) is 0.308. The molecule has 0 aliphatic carbocycles. The van der Waals surface area contributed by atoms with Gasteiger partial charge in [-0.2, -0.15) is 8.78 Å². The van der Waals surface area contributed by atoms with E-state index in [9.17, 15) is 13.6 Å². The van der Waals surface area contributed by atoms with E-state index in [1.165, 1.54) is 18.2 Å². The summed E-state index contributed by atoms with van der Waals surface area (Å²) in [5, 5.41) is 0. The second kappa shape index (κ2) is 6.64. The molecule has 0 unspecified atom stereocenters. The number of hydrogen-bond donors (Lipinski definition) is 0. The molecule has 0 atom stereocenters. The average Bonchev–Trinajstić information content (AvgIpc) is 2.28. The van der Waals surface area contributed by atoms with Crippen LogP contribution < -0.4 is 4.74 Å². The second-order valence-electron chi connectivity index (χ2n) is 3.26. The summed E-state index contributed by atoms with van der Waals surface area (Å²) in [6.45, 7) is -1.19. The number of Topliss-reactive ketones (excluding diaryl/α,β-unsaturated/α-hetero) is 1. The first-order valence-corrected chi connectivity index (χ1v) is 5.11. The molecule has 0 spiro atoms. The molecule has 90 valence electrons. The smallest absolute Gasteiger partial charge is 0.387 e. The molecule has 1 aromatic rings. The monoisotopic (exact) mass is 238 g/mol. The van der Waals surface area contributed by atoms with Gasteiger partial charge in [-0.1, -0.05) is 12.1 Å². The number of ether oxygens (including phenoxy) is 1. The molecule has 2 nitrogen and oxygen atoms in total. The predicted molar refractivity (Wildman–Crippen MR) is 60.1 cm³/mol. The maximum atomic E-state index is 12.0. The van der Waals surface area contributed by atoms with Crippen LogP contribution in [-0.4, -0.2) is 12.4 Å². The Balaban J connectivity index is 2.69. The van der Waals surface area contributed by atoms with E-state index < -0.39 is 6.61 Å². The molecular formula is C13H12F2O2. The molecule has 17 heavy (non-hydrogen) atoms. The number of halogens is 2. The Morgan fingerprint density at radius 3 is 2.88 bits per heavy atom. The Kier molecular flexibility index (Phi) is 5.15. The molecule has 0 saturated heterocycles. The molecular weight excluding hydrogens is 226 g/mol. The summed E-state index contributed by atoms with van der Waals surface area (Å²) in [4.78, 5) is 11.6. The zero-order chi connectivity index (χ0) is 12.7. The minimum Gasteiger partial charge on any atom is -0.435 e. The summed E-state index contributed by atoms with van der Waals surface area (Å²) >= 11 is 0. The summed E-state index contributed by atoms with van der Waals surface area (Å²) < 4.78 is 28.2. The molecule has 0 aromatic heterocycles. The molecule has 0 N–H and O–H groups in total. The summed E-state index contributed by atoms with van der Waals surface area (Å²) in [5.41, 5.74) is 0.362. The lowest BCUT2D eigenvalue weighted by Crippen LogP contribution is -2.04. The third-order valence-electron chi connectivity index (χ3n) is 2.04. The van der Waals surface area contributed by atoms with E-state index in [1.54, 1.807) is 13.0 Å². The molecule has 4 heteroatoms. The fourth-order valence-electron chi connectivity index (χ4n) is 1.29. The van der Waals surface area contributed by atoms with Crippen LogP contribution in [0.15, 0.2) is 24.3 Å². The van der Waals surface area contributed by atoms with Crippen molar-refractivity contribution < 1.29 is 18.3 Å². The van der Waals surface area contributed by atoms with Crippen LogP contribution in [0.5, 0.6) is 5.75 Å². The third-order valence-corrected chi connectivity index (χ3v) is 2.04. The Morgan fingerprint density at radius 2 is 2.24 bits per heavy atom. The fourth-order valence-corrected chi connectivity index (χ4v) is 1.29. The van der Waals surface area contributed by atoms with Crippen molar-refractivity contribution in [1.82, 2.24) is 0 Å². The lowest BCUT2D eigenvalue weighted by molar-refractivity contribution is -0.0498. The SMILES string of the molecule is CC#CCCC(=O)c1cccc(OC(F)F)c1. The van der Waals surface area contributed by atoms with Gasteiger partial charge in [-0.15, -0.1) is 11.8 Å². The van der Waals surface area contributed by atoms with Crippen molar-refractivity contribution in [1.29, 1.82) is 0 Å². The zero-order valence-electron chi connectivity index (χ0n) is 9.37. The van der Waals surface area contributed by atoms with Crippen LogP contribution in [0.25, 0.3) is 0 Å². The normalized spacial score (nSPS) is 9.65. The highest BCUT2D eigenvalue weighted by atomic mass is 19.3. The van der Waals surface area contributed by atoms with Crippen molar-refractivity contribution in [3.05, 3.63) is 29.8 Å². The van der Waals surface area contributed by atoms with E-state index in [0.29, 0.717) is 12.0 Å². The van der Waals surface area contributed by atoms with Gasteiger partial charge in [-0.05, 0) is 19.1 Å². The molecule has 0 heterocycles. The topological polar surface area (TPSA) is 26.3 Å². The molecule has 1 rings (SSSR count). The highest BCUT2D eigenvalue weighted by Gasteiger charge is 2.08. The van der Waals surface area contributed by atoms with Gasteiger partial charge < -0.3 is 4.74 Å². The number of alkyl halides is 2. The lowest BCUT2D eigenvalue weighted by Gasteiger charge is -2.05.